The smallest absolute Gasteiger partial charge is 0.124 e. The number of rotatable bonds is 2. The molecule has 0 aliphatic heterocycles. The molecular weight excluding hydrogens is 260 g/mol. The van der Waals surface area contributed by atoms with Crippen molar-refractivity contribution in [3.8, 4) is 5.75 Å². The number of phenolic OH excluding ortho intramolecular Hbond substituents is 1. The Kier molecular flexibility index (Phi) is 3.76. The summed E-state index contributed by atoms with van der Waals surface area (Å²) in [6, 6.07) is 8.93. The van der Waals surface area contributed by atoms with Gasteiger partial charge in [0, 0.05) is 16.8 Å². The van der Waals surface area contributed by atoms with Gasteiger partial charge in [-0.3, -0.25) is 4.99 Å². The van der Waals surface area contributed by atoms with Crippen LogP contribution in [-0.2, 0) is 0 Å². The summed E-state index contributed by atoms with van der Waals surface area (Å²) in [5.74, 6) is 0.164. The number of hydrogen-bond acceptors (Lipinski definition) is 3. The number of aromatic hydroxyl groups is 1. The number of nitrogens with two attached hydrogens (primary N) is 1. The van der Waals surface area contributed by atoms with Gasteiger partial charge >= 0.3 is 0 Å². The standard InChI is InChI=1S/C15H15ClN2O/c1-9-7-14(19)11(10(2)15(9)16)8-18-13-6-4-3-5-12(13)17/h3-8,19H,17H2,1-2H3. The monoisotopic (exact) mass is 274 g/mol. The number of phenols is 1. The van der Waals surface area contributed by atoms with Crippen LogP contribution in [0.25, 0.3) is 0 Å². The molecule has 98 valence electrons. The molecule has 2 aromatic carbocycles. The Hall–Kier alpha value is -2.00. The number of hydrogen-bond donors (Lipinski definition) is 2. The largest absolute Gasteiger partial charge is 0.507 e. The molecule has 0 atom stereocenters. The number of aliphatic imine (C=N–C) groups is 1. The highest BCUT2D eigenvalue weighted by atomic mass is 35.5. The van der Waals surface area contributed by atoms with E-state index in [1.54, 1.807) is 18.3 Å². The summed E-state index contributed by atoms with van der Waals surface area (Å²) in [6.45, 7) is 3.70. The lowest BCUT2D eigenvalue weighted by molar-refractivity contribution is 0.473. The van der Waals surface area contributed by atoms with Crippen molar-refractivity contribution in [2.75, 3.05) is 5.73 Å². The summed E-state index contributed by atoms with van der Waals surface area (Å²) in [6.07, 6.45) is 1.58. The van der Waals surface area contributed by atoms with Crippen molar-refractivity contribution >= 4 is 29.2 Å². The second kappa shape index (κ2) is 5.33. The third-order valence-corrected chi connectivity index (χ3v) is 3.56. The van der Waals surface area contributed by atoms with Crippen molar-refractivity contribution in [3.05, 3.63) is 52.0 Å². The highest BCUT2D eigenvalue weighted by molar-refractivity contribution is 6.32. The predicted molar refractivity (Wildman–Crippen MR) is 80.7 cm³/mol. The van der Waals surface area contributed by atoms with Crippen LogP contribution in [0.5, 0.6) is 5.75 Å². The van der Waals surface area contributed by atoms with Gasteiger partial charge in [-0.15, -0.1) is 0 Å². The zero-order valence-electron chi connectivity index (χ0n) is 10.8. The second-order valence-corrected chi connectivity index (χ2v) is 4.76. The zero-order chi connectivity index (χ0) is 14.0. The molecule has 4 heteroatoms. The molecule has 3 N–H and O–H groups in total. The number of nitrogen functional groups attached to an aromatic ring is 1. The van der Waals surface area contributed by atoms with Gasteiger partial charge < -0.3 is 10.8 Å². The Morgan fingerprint density at radius 1 is 1.26 bits per heavy atom. The first kappa shape index (κ1) is 13.4. The molecule has 0 bridgehead atoms. The molecule has 0 saturated carbocycles. The summed E-state index contributed by atoms with van der Waals surface area (Å²) in [5, 5.41) is 10.6. The van der Waals surface area contributed by atoms with Crippen LogP contribution in [0.15, 0.2) is 35.3 Å². The minimum Gasteiger partial charge on any atom is -0.507 e. The van der Waals surface area contributed by atoms with Gasteiger partial charge in [0.2, 0.25) is 0 Å². The minimum atomic E-state index is 0.164. The van der Waals surface area contributed by atoms with E-state index < -0.39 is 0 Å². The van der Waals surface area contributed by atoms with Crippen LogP contribution in [0.4, 0.5) is 11.4 Å². The Bertz CT molecular complexity index is 651. The zero-order valence-corrected chi connectivity index (χ0v) is 11.6. The maximum Gasteiger partial charge on any atom is 0.124 e. The van der Waals surface area contributed by atoms with Crippen molar-refractivity contribution in [1.82, 2.24) is 0 Å². The Morgan fingerprint density at radius 3 is 2.63 bits per heavy atom. The fraction of sp³-hybridized carbons (Fsp3) is 0.133. The van der Waals surface area contributed by atoms with Gasteiger partial charge in [-0.25, -0.2) is 0 Å². The van der Waals surface area contributed by atoms with Crippen LogP contribution < -0.4 is 5.73 Å². The molecule has 0 amide bonds. The van der Waals surface area contributed by atoms with E-state index in [1.807, 2.05) is 32.0 Å². The summed E-state index contributed by atoms with van der Waals surface area (Å²) in [7, 11) is 0. The maximum atomic E-state index is 9.96. The molecule has 2 aromatic rings. The summed E-state index contributed by atoms with van der Waals surface area (Å²) >= 11 is 6.17. The number of halogens is 1. The fourth-order valence-corrected chi connectivity index (χ4v) is 2.01. The molecule has 0 saturated heterocycles. The third kappa shape index (κ3) is 2.71. The Labute approximate surface area is 117 Å². The van der Waals surface area contributed by atoms with E-state index in [1.165, 1.54) is 0 Å². The molecule has 0 aliphatic rings. The summed E-state index contributed by atoms with van der Waals surface area (Å²) in [4.78, 5) is 4.30. The van der Waals surface area contributed by atoms with E-state index >= 15 is 0 Å². The van der Waals surface area contributed by atoms with Crippen LogP contribution in [0, 0.1) is 13.8 Å². The molecule has 2 rings (SSSR count). The van der Waals surface area contributed by atoms with E-state index in [0.29, 0.717) is 22.0 Å². The molecule has 0 aromatic heterocycles. The molecule has 19 heavy (non-hydrogen) atoms. The predicted octanol–water partition coefficient (Wildman–Crippen LogP) is 4.00. The lowest BCUT2D eigenvalue weighted by Crippen LogP contribution is -1.92. The fourth-order valence-electron chi connectivity index (χ4n) is 1.85. The van der Waals surface area contributed by atoms with Crippen LogP contribution in [0.3, 0.4) is 0 Å². The average Bonchev–Trinajstić information content (AvgIpc) is 2.38. The topological polar surface area (TPSA) is 58.6 Å². The van der Waals surface area contributed by atoms with E-state index in [2.05, 4.69) is 4.99 Å². The van der Waals surface area contributed by atoms with Crippen LogP contribution in [0.2, 0.25) is 5.02 Å². The molecule has 0 heterocycles. The van der Waals surface area contributed by atoms with Crippen LogP contribution in [0.1, 0.15) is 16.7 Å². The van der Waals surface area contributed by atoms with Gasteiger partial charge in [-0.2, -0.15) is 0 Å². The van der Waals surface area contributed by atoms with Gasteiger partial charge in [0.05, 0.1) is 11.4 Å². The lowest BCUT2D eigenvalue weighted by Gasteiger charge is -2.08. The van der Waals surface area contributed by atoms with Gasteiger partial charge in [-0.05, 0) is 43.2 Å². The average molecular weight is 275 g/mol. The van der Waals surface area contributed by atoms with Crippen LogP contribution >= 0.6 is 11.6 Å². The molecule has 0 unspecified atom stereocenters. The van der Waals surface area contributed by atoms with Crippen molar-refractivity contribution in [2.24, 2.45) is 4.99 Å². The number of para-hydroxylation sites is 2. The number of nitrogens with zero attached hydrogens (tertiary/aromatic N) is 1. The normalized spacial score (nSPS) is 11.1. The second-order valence-electron chi connectivity index (χ2n) is 4.38. The Morgan fingerprint density at radius 2 is 1.95 bits per heavy atom. The quantitative estimate of drug-likeness (QED) is 0.642. The maximum absolute atomic E-state index is 9.96. The molecule has 0 aliphatic carbocycles. The lowest BCUT2D eigenvalue weighted by atomic mass is 10.0. The first-order valence-corrected chi connectivity index (χ1v) is 6.25. The summed E-state index contributed by atoms with van der Waals surface area (Å²) in [5.41, 5.74) is 9.32. The van der Waals surface area contributed by atoms with Crippen molar-refractivity contribution < 1.29 is 5.11 Å². The van der Waals surface area contributed by atoms with Crippen LogP contribution in [-0.4, -0.2) is 11.3 Å². The van der Waals surface area contributed by atoms with E-state index in [0.717, 1.165) is 11.1 Å². The molecule has 3 nitrogen and oxygen atoms in total. The van der Waals surface area contributed by atoms with Crippen molar-refractivity contribution in [2.45, 2.75) is 13.8 Å². The van der Waals surface area contributed by atoms with E-state index in [9.17, 15) is 5.11 Å². The Balaban J connectivity index is 2.45. The molecular formula is C15H15ClN2O. The third-order valence-electron chi connectivity index (χ3n) is 2.98. The van der Waals surface area contributed by atoms with Gasteiger partial charge in [0.25, 0.3) is 0 Å². The van der Waals surface area contributed by atoms with E-state index in [-0.39, 0.29) is 5.75 Å². The van der Waals surface area contributed by atoms with Gasteiger partial charge in [-0.1, -0.05) is 23.7 Å². The first-order valence-electron chi connectivity index (χ1n) is 5.88. The highest BCUT2D eigenvalue weighted by Gasteiger charge is 2.09. The number of aryl methyl sites for hydroxylation is 1. The SMILES string of the molecule is Cc1cc(O)c(C=Nc2ccccc2N)c(C)c1Cl. The van der Waals surface area contributed by atoms with Gasteiger partial charge in [0.1, 0.15) is 5.75 Å². The number of benzene rings is 2. The first-order chi connectivity index (χ1) is 9.00. The minimum absolute atomic E-state index is 0.164. The summed E-state index contributed by atoms with van der Waals surface area (Å²) < 4.78 is 0. The number of anilines is 1. The van der Waals surface area contributed by atoms with Crippen molar-refractivity contribution in [3.63, 3.8) is 0 Å². The van der Waals surface area contributed by atoms with E-state index in [4.69, 9.17) is 17.3 Å². The highest BCUT2D eigenvalue weighted by Crippen LogP contribution is 2.30. The van der Waals surface area contributed by atoms with Gasteiger partial charge in [0.15, 0.2) is 0 Å². The van der Waals surface area contributed by atoms with Crippen molar-refractivity contribution in [1.29, 1.82) is 0 Å². The molecule has 0 spiro atoms. The molecule has 0 fully saturated rings. The molecule has 0 radical (unpaired) electrons.